The number of pyridine rings is 1. The third kappa shape index (κ3) is 4.42. The minimum Gasteiger partial charge on any atom is -0.465 e. The van der Waals surface area contributed by atoms with Gasteiger partial charge in [-0.2, -0.15) is 18.2 Å². The van der Waals surface area contributed by atoms with Crippen LogP contribution in [0, 0.1) is 0 Å². The largest absolute Gasteiger partial charge is 0.471 e. The normalized spacial score (nSPS) is 17.6. The van der Waals surface area contributed by atoms with Crippen LogP contribution >= 0.6 is 0 Å². The van der Waals surface area contributed by atoms with Gasteiger partial charge in [-0.25, -0.2) is 0 Å². The Morgan fingerprint density at radius 3 is 2.80 bits per heavy atom. The van der Waals surface area contributed by atoms with Gasteiger partial charge in [-0.1, -0.05) is 5.16 Å². The van der Waals surface area contributed by atoms with Crippen molar-refractivity contribution in [2.24, 2.45) is 0 Å². The molecule has 3 aromatic heterocycles. The molecule has 3 aromatic rings. The Balaban J connectivity index is 1.42. The number of alkyl halides is 3. The van der Waals surface area contributed by atoms with Crippen LogP contribution in [0.5, 0.6) is 0 Å². The zero-order valence-corrected chi connectivity index (χ0v) is 15.7. The van der Waals surface area contributed by atoms with Gasteiger partial charge in [0.2, 0.25) is 11.7 Å². The summed E-state index contributed by atoms with van der Waals surface area (Å²) in [6.45, 7) is 1.16. The summed E-state index contributed by atoms with van der Waals surface area (Å²) in [6, 6.07) is 6.83. The molecule has 30 heavy (non-hydrogen) atoms. The molecule has 7 nitrogen and oxygen atoms in total. The van der Waals surface area contributed by atoms with Crippen molar-refractivity contribution in [3.05, 3.63) is 60.1 Å². The van der Waals surface area contributed by atoms with Gasteiger partial charge in [-0.15, -0.1) is 0 Å². The van der Waals surface area contributed by atoms with Gasteiger partial charge in [0.05, 0.1) is 6.26 Å². The van der Waals surface area contributed by atoms with Gasteiger partial charge in [0.15, 0.2) is 0 Å². The van der Waals surface area contributed by atoms with E-state index in [0.717, 1.165) is 18.5 Å². The predicted molar refractivity (Wildman–Crippen MR) is 98.8 cm³/mol. The van der Waals surface area contributed by atoms with E-state index in [9.17, 15) is 18.0 Å². The molecule has 0 N–H and O–H groups in total. The molecule has 1 atom stereocenters. The number of aromatic nitrogens is 3. The highest BCUT2D eigenvalue weighted by atomic mass is 19.4. The SMILES string of the molecule is O=C(/C=C/c1ccco1)N1CCC[C@H](c2ccc(-c3noc(C(F)(F)F)n3)cn2)C1. The average Bonchev–Trinajstić information content (AvgIpc) is 3.44. The lowest BCUT2D eigenvalue weighted by molar-refractivity contribution is -0.159. The summed E-state index contributed by atoms with van der Waals surface area (Å²) in [7, 11) is 0. The molecule has 1 aliphatic heterocycles. The molecule has 0 spiro atoms. The molecule has 4 rings (SSSR count). The highest BCUT2D eigenvalue weighted by molar-refractivity contribution is 5.91. The van der Waals surface area contributed by atoms with Crippen molar-refractivity contribution in [3.8, 4) is 11.4 Å². The Hall–Kier alpha value is -3.43. The number of hydrogen-bond donors (Lipinski definition) is 0. The second-order valence-corrected chi connectivity index (χ2v) is 6.86. The van der Waals surface area contributed by atoms with E-state index in [-0.39, 0.29) is 17.6 Å². The van der Waals surface area contributed by atoms with Gasteiger partial charge in [0.25, 0.3) is 0 Å². The van der Waals surface area contributed by atoms with E-state index >= 15 is 0 Å². The molecular weight excluding hydrogens is 401 g/mol. The van der Waals surface area contributed by atoms with E-state index in [4.69, 9.17) is 4.42 Å². The van der Waals surface area contributed by atoms with Crippen LogP contribution in [0.2, 0.25) is 0 Å². The Labute approximate surface area is 169 Å². The molecule has 1 aliphatic rings. The molecular formula is C20H17F3N4O3. The van der Waals surface area contributed by atoms with E-state index in [0.29, 0.717) is 24.4 Å². The lowest BCUT2D eigenvalue weighted by Gasteiger charge is -2.31. The van der Waals surface area contributed by atoms with Gasteiger partial charge < -0.3 is 13.8 Å². The maximum Gasteiger partial charge on any atom is 0.471 e. The number of rotatable bonds is 4. The Kier molecular flexibility index (Phi) is 5.39. The number of carbonyl (C=O) groups is 1. The van der Waals surface area contributed by atoms with Crippen molar-refractivity contribution < 1.29 is 26.9 Å². The first-order valence-electron chi connectivity index (χ1n) is 9.28. The standard InChI is InChI=1S/C20H17F3N4O3/c21-20(22,23)19-25-18(26-30-19)13-5-7-16(24-11-13)14-3-1-9-27(12-14)17(28)8-6-15-4-2-10-29-15/h2,4-8,10-11,14H,1,3,9,12H2/b8-6+/t14-/m0/s1. The maximum atomic E-state index is 12.6. The van der Waals surface area contributed by atoms with Crippen LogP contribution in [0.4, 0.5) is 13.2 Å². The third-order valence-electron chi connectivity index (χ3n) is 4.80. The number of halogens is 3. The van der Waals surface area contributed by atoms with E-state index < -0.39 is 12.1 Å². The molecule has 1 fully saturated rings. The van der Waals surface area contributed by atoms with Gasteiger partial charge in [-0.3, -0.25) is 9.78 Å². The molecule has 0 aromatic carbocycles. The minimum atomic E-state index is -4.69. The highest BCUT2D eigenvalue weighted by Crippen LogP contribution is 2.30. The summed E-state index contributed by atoms with van der Waals surface area (Å²) in [5.41, 5.74) is 1.08. The van der Waals surface area contributed by atoms with Gasteiger partial charge >= 0.3 is 12.1 Å². The van der Waals surface area contributed by atoms with Crippen molar-refractivity contribution in [1.29, 1.82) is 0 Å². The smallest absolute Gasteiger partial charge is 0.465 e. The van der Waals surface area contributed by atoms with Crippen LogP contribution < -0.4 is 0 Å². The fourth-order valence-electron chi connectivity index (χ4n) is 3.30. The molecule has 0 aliphatic carbocycles. The van der Waals surface area contributed by atoms with Crippen LogP contribution in [0.1, 0.15) is 36.1 Å². The van der Waals surface area contributed by atoms with E-state index in [2.05, 4.69) is 19.6 Å². The zero-order valence-electron chi connectivity index (χ0n) is 15.7. The summed E-state index contributed by atoms with van der Waals surface area (Å²) in [6.07, 6.45) is 3.05. The number of piperidine rings is 1. The van der Waals surface area contributed by atoms with Crippen molar-refractivity contribution >= 4 is 12.0 Å². The second-order valence-electron chi connectivity index (χ2n) is 6.86. The fraction of sp³-hybridized carbons (Fsp3) is 0.300. The first kappa shape index (κ1) is 19.9. The van der Waals surface area contributed by atoms with Crippen molar-refractivity contribution in [2.75, 3.05) is 13.1 Å². The fourth-order valence-corrected chi connectivity index (χ4v) is 3.30. The topological polar surface area (TPSA) is 85.3 Å². The van der Waals surface area contributed by atoms with Crippen LogP contribution in [0.15, 0.2) is 51.7 Å². The molecule has 0 radical (unpaired) electrons. The number of likely N-dealkylation sites (tertiary alicyclic amines) is 1. The maximum absolute atomic E-state index is 12.6. The monoisotopic (exact) mass is 418 g/mol. The van der Waals surface area contributed by atoms with Gasteiger partial charge in [0, 0.05) is 42.5 Å². The Bertz CT molecular complexity index is 1030. The Morgan fingerprint density at radius 2 is 2.13 bits per heavy atom. The molecule has 0 saturated carbocycles. The van der Waals surface area contributed by atoms with Gasteiger partial charge in [0.1, 0.15) is 5.76 Å². The molecule has 0 bridgehead atoms. The molecule has 1 amide bonds. The summed E-state index contributed by atoms with van der Waals surface area (Å²) < 4.78 is 47.3. The number of carbonyl (C=O) groups excluding carboxylic acids is 1. The van der Waals surface area contributed by atoms with E-state index in [1.807, 2.05) is 0 Å². The van der Waals surface area contributed by atoms with Crippen molar-refractivity contribution in [1.82, 2.24) is 20.0 Å². The second kappa shape index (κ2) is 8.13. The first-order valence-corrected chi connectivity index (χ1v) is 9.28. The summed E-state index contributed by atoms with van der Waals surface area (Å²) in [5.74, 6) is -1.05. The Morgan fingerprint density at radius 1 is 1.27 bits per heavy atom. The quantitative estimate of drug-likeness (QED) is 0.592. The van der Waals surface area contributed by atoms with Gasteiger partial charge in [-0.05, 0) is 43.2 Å². The van der Waals surface area contributed by atoms with Crippen molar-refractivity contribution in [2.45, 2.75) is 24.9 Å². The van der Waals surface area contributed by atoms with E-state index in [1.54, 1.807) is 35.2 Å². The minimum absolute atomic E-state index is 0.0322. The molecule has 4 heterocycles. The molecule has 1 saturated heterocycles. The summed E-state index contributed by atoms with van der Waals surface area (Å²) in [5, 5.41) is 3.36. The molecule has 156 valence electrons. The average molecular weight is 418 g/mol. The summed E-state index contributed by atoms with van der Waals surface area (Å²) in [4.78, 5) is 21.9. The molecule has 10 heteroatoms. The predicted octanol–water partition coefficient (Wildman–Crippen LogP) is 4.16. The number of amides is 1. The molecule has 0 unspecified atom stereocenters. The number of nitrogens with zero attached hydrogens (tertiary/aromatic N) is 4. The lowest BCUT2D eigenvalue weighted by Crippen LogP contribution is -2.38. The first-order chi connectivity index (χ1) is 14.4. The number of hydrogen-bond acceptors (Lipinski definition) is 6. The third-order valence-corrected chi connectivity index (χ3v) is 4.80. The van der Waals surface area contributed by atoms with E-state index in [1.165, 1.54) is 18.5 Å². The zero-order chi connectivity index (χ0) is 21.1. The highest BCUT2D eigenvalue weighted by Gasteiger charge is 2.38. The van der Waals surface area contributed by atoms with Crippen LogP contribution in [-0.2, 0) is 11.0 Å². The number of furan rings is 1. The van der Waals surface area contributed by atoms with Crippen LogP contribution in [0.3, 0.4) is 0 Å². The lowest BCUT2D eigenvalue weighted by atomic mass is 9.94. The van der Waals surface area contributed by atoms with Crippen molar-refractivity contribution in [3.63, 3.8) is 0 Å². The van der Waals surface area contributed by atoms with Crippen LogP contribution in [0.25, 0.3) is 17.5 Å². The summed E-state index contributed by atoms with van der Waals surface area (Å²) >= 11 is 0. The van der Waals surface area contributed by atoms with Crippen LogP contribution in [-0.4, -0.2) is 39.0 Å².